The first-order chi connectivity index (χ1) is 11.0. The molecule has 0 aliphatic rings. The zero-order chi connectivity index (χ0) is 16.8. The number of phenols is 2. The zero-order valence-electron chi connectivity index (χ0n) is 12.4. The highest BCUT2D eigenvalue weighted by Gasteiger charge is 2.13. The highest BCUT2D eigenvalue weighted by molar-refractivity contribution is 5.98. The Balaban J connectivity index is 1.95. The molecular formula is C16H16N2O5. The van der Waals surface area contributed by atoms with Gasteiger partial charge in [-0.05, 0) is 29.8 Å². The van der Waals surface area contributed by atoms with Gasteiger partial charge in [-0.1, -0.05) is 12.1 Å². The largest absolute Gasteiger partial charge is 0.508 e. The first kappa shape index (κ1) is 16.2. The summed E-state index contributed by atoms with van der Waals surface area (Å²) in [4.78, 5) is 23.8. The van der Waals surface area contributed by atoms with E-state index < -0.39 is 11.8 Å². The van der Waals surface area contributed by atoms with Gasteiger partial charge in [-0.15, -0.1) is 0 Å². The van der Waals surface area contributed by atoms with Gasteiger partial charge < -0.3 is 14.9 Å². The van der Waals surface area contributed by atoms with Gasteiger partial charge in [0, 0.05) is 6.07 Å². The minimum absolute atomic E-state index is 0.00138. The van der Waals surface area contributed by atoms with Crippen molar-refractivity contribution in [2.75, 3.05) is 7.11 Å². The molecule has 0 radical (unpaired) electrons. The number of hydrogen-bond acceptors (Lipinski definition) is 5. The maximum Gasteiger partial charge on any atom is 0.273 e. The van der Waals surface area contributed by atoms with E-state index in [1.54, 1.807) is 12.1 Å². The van der Waals surface area contributed by atoms with E-state index in [-0.39, 0.29) is 29.2 Å². The monoisotopic (exact) mass is 316 g/mol. The molecule has 0 aromatic heterocycles. The van der Waals surface area contributed by atoms with Gasteiger partial charge in [0.2, 0.25) is 5.91 Å². The summed E-state index contributed by atoms with van der Waals surface area (Å²) in [5.74, 6) is -0.808. The van der Waals surface area contributed by atoms with Crippen LogP contribution in [0.25, 0.3) is 0 Å². The Kier molecular flexibility index (Phi) is 5.03. The van der Waals surface area contributed by atoms with Gasteiger partial charge in [0.25, 0.3) is 5.91 Å². The molecular weight excluding hydrogens is 300 g/mol. The molecule has 4 N–H and O–H groups in total. The van der Waals surface area contributed by atoms with Gasteiger partial charge in [0.15, 0.2) is 0 Å². The van der Waals surface area contributed by atoms with E-state index in [9.17, 15) is 19.8 Å². The smallest absolute Gasteiger partial charge is 0.273 e. The van der Waals surface area contributed by atoms with Gasteiger partial charge in [-0.25, -0.2) is 0 Å². The number of methoxy groups -OCH3 is 1. The van der Waals surface area contributed by atoms with E-state index >= 15 is 0 Å². The Bertz CT molecular complexity index is 730. The predicted octanol–water partition coefficient (Wildman–Crippen LogP) is 1.11. The first-order valence-electron chi connectivity index (χ1n) is 6.73. The Morgan fingerprint density at radius 3 is 2.48 bits per heavy atom. The molecule has 2 aromatic rings. The molecule has 0 spiro atoms. The van der Waals surface area contributed by atoms with Gasteiger partial charge >= 0.3 is 0 Å². The molecule has 120 valence electrons. The number of benzene rings is 2. The molecule has 7 heteroatoms. The number of carbonyl (C=O) groups excluding carboxylic acids is 2. The number of nitrogens with one attached hydrogen (secondary N) is 2. The Morgan fingerprint density at radius 1 is 1.04 bits per heavy atom. The van der Waals surface area contributed by atoms with Gasteiger partial charge in [0.1, 0.15) is 17.2 Å². The molecule has 23 heavy (non-hydrogen) atoms. The minimum Gasteiger partial charge on any atom is -0.508 e. The summed E-state index contributed by atoms with van der Waals surface area (Å²) in [6, 6.07) is 10.3. The first-order valence-corrected chi connectivity index (χ1v) is 6.73. The lowest BCUT2D eigenvalue weighted by Crippen LogP contribution is -2.42. The van der Waals surface area contributed by atoms with E-state index in [1.165, 1.54) is 37.4 Å². The average molecular weight is 316 g/mol. The summed E-state index contributed by atoms with van der Waals surface area (Å²) in [5, 5.41) is 18.7. The fourth-order valence-electron chi connectivity index (χ4n) is 1.96. The minimum atomic E-state index is -0.578. The maximum atomic E-state index is 12.0. The van der Waals surface area contributed by atoms with E-state index in [4.69, 9.17) is 4.74 Å². The zero-order valence-corrected chi connectivity index (χ0v) is 12.4. The van der Waals surface area contributed by atoms with Crippen LogP contribution in [0.3, 0.4) is 0 Å². The third kappa shape index (κ3) is 4.37. The number of ether oxygens (including phenoxy) is 1. The van der Waals surface area contributed by atoms with Gasteiger partial charge in [-0.2, -0.15) is 0 Å². The van der Waals surface area contributed by atoms with Crippen LogP contribution < -0.4 is 15.6 Å². The van der Waals surface area contributed by atoms with Crippen molar-refractivity contribution in [1.29, 1.82) is 0 Å². The molecule has 0 atom stereocenters. The second-order valence-corrected chi connectivity index (χ2v) is 4.73. The van der Waals surface area contributed by atoms with Crippen LogP contribution >= 0.6 is 0 Å². The highest BCUT2D eigenvalue weighted by Crippen LogP contribution is 2.23. The molecule has 0 saturated heterocycles. The normalized spacial score (nSPS) is 9.96. The van der Waals surface area contributed by atoms with Crippen molar-refractivity contribution >= 4 is 11.8 Å². The Labute approximate surface area is 132 Å². The van der Waals surface area contributed by atoms with Crippen molar-refractivity contribution in [3.8, 4) is 17.2 Å². The van der Waals surface area contributed by atoms with Crippen molar-refractivity contribution in [1.82, 2.24) is 10.9 Å². The standard InChI is InChI=1S/C16H16N2O5/c1-23-14-9-12(20)5-6-13(14)16(22)18-17-15(21)8-10-3-2-4-11(19)7-10/h2-7,9,19-20H,8H2,1H3,(H,17,21)(H,18,22). The highest BCUT2D eigenvalue weighted by atomic mass is 16.5. The van der Waals surface area contributed by atoms with Crippen LogP contribution in [0, 0.1) is 0 Å². The van der Waals surface area contributed by atoms with Crippen LogP contribution in [-0.2, 0) is 11.2 Å². The lowest BCUT2D eigenvalue weighted by Gasteiger charge is -2.10. The number of hydrogen-bond donors (Lipinski definition) is 4. The van der Waals surface area contributed by atoms with Crippen molar-refractivity contribution in [3.63, 3.8) is 0 Å². The molecule has 0 fully saturated rings. The fourth-order valence-corrected chi connectivity index (χ4v) is 1.96. The van der Waals surface area contributed by atoms with Crippen molar-refractivity contribution in [3.05, 3.63) is 53.6 Å². The molecule has 0 aliphatic carbocycles. The second kappa shape index (κ2) is 7.17. The molecule has 0 heterocycles. The number of rotatable bonds is 4. The SMILES string of the molecule is COc1cc(O)ccc1C(=O)NNC(=O)Cc1cccc(O)c1. The molecule has 2 rings (SSSR count). The van der Waals surface area contributed by atoms with Crippen LogP contribution in [0.2, 0.25) is 0 Å². The molecule has 0 unspecified atom stereocenters. The maximum absolute atomic E-state index is 12.0. The molecule has 7 nitrogen and oxygen atoms in total. The molecule has 0 bridgehead atoms. The number of hydrazine groups is 1. The molecule has 0 saturated carbocycles. The van der Waals surface area contributed by atoms with E-state index in [2.05, 4.69) is 10.9 Å². The summed E-state index contributed by atoms with van der Waals surface area (Å²) in [6.07, 6.45) is 0.00138. The summed E-state index contributed by atoms with van der Waals surface area (Å²) >= 11 is 0. The van der Waals surface area contributed by atoms with Crippen LogP contribution in [0.15, 0.2) is 42.5 Å². The van der Waals surface area contributed by atoms with Crippen molar-refractivity contribution in [2.45, 2.75) is 6.42 Å². The topological polar surface area (TPSA) is 108 Å². The van der Waals surface area contributed by atoms with Crippen LogP contribution in [0.5, 0.6) is 17.2 Å². The summed E-state index contributed by atoms with van der Waals surface area (Å²) in [6.45, 7) is 0. The summed E-state index contributed by atoms with van der Waals surface area (Å²) in [5.41, 5.74) is 5.32. The number of aromatic hydroxyl groups is 2. The second-order valence-electron chi connectivity index (χ2n) is 4.73. The lowest BCUT2D eigenvalue weighted by atomic mass is 10.1. The molecule has 2 amide bonds. The average Bonchev–Trinajstić information content (AvgIpc) is 2.52. The summed E-state index contributed by atoms with van der Waals surface area (Å²) < 4.78 is 5.00. The van der Waals surface area contributed by atoms with E-state index in [1.807, 2.05) is 0 Å². The van der Waals surface area contributed by atoms with E-state index in [0.29, 0.717) is 5.56 Å². The van der Waals surface area contributed by atoms with E-state index in [0.717, 1.165) is 0 Å². The third-order valence-electron chi connectivity index (χ3n) is 3.02. The van der Waals surface area contributed by atoms with Gasteiger partial charge in [0.05, 0.1) is 19.1 Å². The quantitative estimate of drug-likeness (QED) is 0.632. The Hall–Kier alpha value is -3.22. The predicted molar refractivity (Wildman–Crippen MR) is 82.1 cm³/mol. The van der Waals surface area contributed by atoms with Crippen LogP contribution in [-0.4, -0.2) is 29.1 Å². The third-order valence-corrected chi connectivity index (χ3v) is 3.02. The number of phenolic OH excluding ortho intramolecular Hbond substituents is 2. The molecule has 2 aromatic carbocycles. The number of carbonyl (C=O) groups is 2. The fraction of sp³-hybridized carbons (Fsp3) is 0.125. The number of amides is 2. The summed E-state index contributed by atoms with van der Waals surface area (Å²) in [7, 11) is 1.37. The van der Waals surface area contributed by atoms with Gasteiger partial charge in [-0.3, -0.25) is 20.4 Å². The van der Waals surface area contributed by atoms with Crippen LogP contribution in [0.4, 0.5) is 0 Å². The lowest BCUT2D eigenvalue weighted by molar-refractivity contribution is -0.121. The van der Waals surface area contributed by atoms with Crippen molar-refractivity contribution < 1.29 is 24.5 Å². The van der Waals surface area contributed by atoms with Crippen molar-refractivity contribution in [2.24, 2.45) is 0 Å². The molecule has 0 aliphatic heterocycles. The Morgan fingerprint density at radius 2 is 1.78 bits per heavy atom. The van der Waals surface area contributed by atoms with Crippen LogP contribution in [0.1, 0.15) is 15.9 Å².